The molecule has 0 saturated heterocycles. The summed E-state index contributed by atoms with van der Waals surface area (Å²) >= 11 is 0. The highest BCUT2D eigenvalue weighted by molar-refractivity contribution is 5.80. The normalized spacial score (nSPS) is 10.9. The molecule has 0 fully saturated rings. The van der Waals surface area contributed by atoms with Crippen LogP contribution in [0.25, 0.3) is 11.0 Å². The number of carbonyl (C=O) groups excluding carboxylic acids is 1. The molecule has 0 unspecified atom stereocenters. The molecule has 1 amide bonds. The molecule has 0 aliphatic rings. The third-order valence-electron chi connectivity index (χ3n) is 5.30. The molecule has 2 aromatic heterocycles. The summed E-state index contributed by atoms with van der Waals surface area (Å²) in [5, 5.41) is 0. The first-order chi connectivity index (χ1) is 15.1. The summed E-state index contributed by atoms with van der Waals surface area (Å²) in [6.07, 6.45) is 5.71. The molecule has 0 atom stereocenters. The number of hydrogen-bond acceptors (Lipinski definition) is 4. The second-order valence-electron chi connectivity index (χ2n) is 7.45. The van der Waals surface area contributed by atoms with Gasteiger partial charge in [-0.15, -0.1) is 0 Å². The Morgan fingerprint density at radius 1 is 0.903 bits per heavy atom. The summed E-state index contributed by atoms with van der Waals surface area (Å²) in [4.78, 5) is 36.0. The molecular formula is C25H24N4O2. The number of hydrogen-bond donors (Lipinski definition) is 0. The van der Waals surface area contributed by atoms with E-state index in [0.29, 0.717) is 24.1 Å². The summed E-state index contributed by atoms with van der Waals surface area (Å²) in [6.45, 7) is 2.94. The monoisotopic (exact) mass is 412 g/mol. The van der Waals surface area contributed by atoms with Gasteiger partial charge in [0.15, 0.2) is 0 Å². The molecule has 0 saturated carbocycles. The molecule has 6 nitrogen and oxygen atoms in total. The standard InChI is InChI=1S/C25H24N4O2/c1-2-19-9-11-20(12-10-19)16-28(17-21-6-5-13-26-14-21)25(31)18-29-23-8-4-3-7-22(23)27-15-24(29)30/h3-15H,2,16-18H2,1H3. The van der Waals surface area contributed by atoms with Crippen LogP contribution in [0, 0.1) is 0 Å². The molecule has 31 heavy (non-hydrogen) atoms. The van der Waals surface area contributed by atoms with Gasteiger partial charge in [-0.25, -0.2) is 4.98 Å². The number of amides is 1. The van der Waals surface area contributed by atoms with Gasteiger partial charge >= 0.3 is 0 Å². The quantitative estimate of drug-likeness (QED) is 0.465. The van der Waals surface area contributed by atoms with Gasteiger partial charge in [-0.3, -0.25) is 19.1 Å². The highest BCUT2D eigenvalue weighted by Gasteiger charge is 2.17. The predicted octanol–water partition coefficient (Wildman–Crippen LogP) is 3.58. The lowest BCUT2D eigenvalue weighted by Gasteiger charge is -2.24. The Hall–Kier alpha value is -3.80. The highest BCUT2D eigenvalue weighted by atomic mass is 16.2. The van der Waals surface area contributed by atoms with Crippen LogP contribution >= 0.6 is 0 Å². The van der Waals surface area contributed by atoms with Crippen LogP contribution in [0.15, 0.2) is 84.0 Å². The van der Waals surface area contributed by atoms with Gasteiger partial charge in [0.05, 0.1) is 17.2 Å². The van der Waals surface area contributed by atoms with Crippen LogP contribution < -0.4 is 5.56 Å². The van der Waals surface area contributed by atoms with Crippen LogP contribution in [-0.4, -0.2) is 25.3 Å². The molecule has 156 valence electrons. The van der Waals surface area contributed by atoms with E-state index in [1.807, 2.05) is 36.4 Å². The Bertz CT molecular complexity index is 1230. The van der Waals surface area contributed by atoms with Crippen molar-refractivity contribution >= 4 is 16.9 Å². The van der Waals surface area contributed by atoms with Crippen molar-refractivity contribution in [2.75, 3.05) is 0 Å². The molecule has 6 heteroatoms. The van der Waals surface area contributed by atoms with E-state index in [1.54, 1.807) is 17.3 Å². The Balaban J connectivity index is 1.63. The zero-order chi connectivity index (χ0) is 21.6. The molecule has 0 aliphatic carbocycles. The molecule has 0 spiro atoms. The Labute approximate surface area is 180 Å². The van der Waals surface area contributed by atoms with E-state index < -0.39 is 0 Å². The largest absolute Gasteiger partial charge is 0.332 e. The van der Waals surface area contributed by atoms with E-state index in [0.717, 1.165) is 17.5 Å². The number of benzene rings is 2. The molecule has 2 heterocycles. The number of rotatable bonds is 7. The summed E-state index contributed by atoms with van der Waals surface area (Å²) < 4.78 is 1.49. The van der Waals surface area contributed by atoms with E-state index in [2.05, 4.69) is 41.2 Å². The topological polar surface area (TPSA) is 68.1 Å². The lowest BCUT2D eigenvalue weighted by molar-refractivity contribution is -0.133. The van der Waals surface area contributed by atoms with Gasteiger partial charge in [0.2, 0.25) is 5.91 Å². The molecule has 0 bridgehead atoms. The van der Waals surface area contributed by atoms with Gasteiger partial charge in [-0.05, 0) is 41.3 Å². The molecular weight excluding hydrogens is 388 g/mol. The zero-order valence-electron chi connectivity index (χ0n) is 17.4. The minimum absolute atomic E-state index is 0.0465. The third kappa shape index (κ3) is 4.86. The molecule has 0 aliphatic heterocycles. The maximum absolute atomic E-state index is 13.4. The average Bonchev–Trinajstić information content (AvgIpc) is 2.81. The fraction of sp³-hybridized carbons (Fsp3) is 0.200. The van der Waals surface area contributed by atoms with Crippen LogP contribution in [0.4, 0.5) is 0 Å². The number of pyridine rings is 1. The van der Waals surface area contributed by atoms with Gasteiger partial charge in [0, 0.05) is 25.5 Å². The molecule has 0 N–H and O–H groups in total. The first kappa shape index (κ1) is 20.5. The maximum Gasteiger partial charge on any atom is 0.269 e. The summed E-state index contributed by atoms with van der Waals surface area (Å²) in [5.74, 6) is -0.137. The number of aryl methyl sites for hydroxylation is 1. The van der Waals surface area contributed by atoms with Crippen LogP contribution in [0.5, 0.6) is 0 Å². The lowest BCUT2D eigenvalue weighted by Crippen LogP contribution is -2.36. The van der Waals surface area contributed by atoms with E-state index in [1.165, 1.54) is 16.3 Å². The van der Waals surface area contributed by atoms with Crippen molar-refractivity contribution in [3.05, 3.63) is 106 Å². The van der Waals surface area contributed by atoms with Gasteiger partial charge in [0.1, 0.15) is 6.54 Å². The summed E-state index contributed by atoms with van der Waals surface area (Å²) in [7, 11) is 0. The van der Waals surface area contributed by atoms with Crippen molar-refractivity contribution < 1.29 is 4.79 Å². The highest BCUT2D eigenvalue weighted by Crippen LogP contribution is 2.14. The smallest absolute Gasteiger partial charge is 0.269 e. The average molecular weight is 412 g/mol. The van der Waals surface area contributed by atoms with Gasteiger partial charge in [0.25, 0.3) is 5.56 Å². The van der Waals surface area contributed by atoms with Crippen molar-refractivity contribution in [3.63, 3.8) is 0 Å². The van der Waals surface area contributed by atoms with E-state index in [4.69, 9.17) is 0 Å². The first-order valence-electron chi connectivity index (χ1n) is 10.3. The Morgan fingerprint density at radius 2 is 1.65 bits per heavy atom. The van der Waals surface area contributed by atoms with E-state index >= 15 is 0 Å². The number of aromatic nitrogens is 3. The number of fused-ring (bicyclic) bond motifs is 1. The summed E-state index contributed by atoms with van der Waals surface area (Å²) in [5.41, 5.74) is 4.28. The lowest BCUT2D eigenvalue weighted by atomic mass is 10.1. The van der Waals surface area contributed by atoms with E-state index in [9.17, 15) is 9.59 Å². The summed E-state index contributed by atoms with van der Waals surface area (Å²) in [6, 6.07) is 19.4. The van der Waals surface area contributed by atoms with Crippen LogP contribution in [0.2, 0.25) is 0 Å². The molecule has 2 aromatic carbocycles. The van der Waals surface area contributed by atoms with Crippen molar-refractivity contribution in [3.8, 4) is 0 Å². The fourth-order valence-electron chi connectivity index (χ4n) is 3.56. The minimum Gasteiger partial charge on any atom is -0.332 e. The Morgan fingerprint density at radius 3 is 2.39 bits per heavy atom. The molecule has 4 aromatic rings. The van der Waals surface area contributed by atoms with Crippen LogP contribution in [0.3, 0.4) is 0 Å². The van der Waals surface area contributed by atoms with Gasteiger partial charge in [-0.2, -0.15) is 0 Å². The van der Waals surface area contributed by atoms with Crippen molar-refractivity contribution in [1.82, 2.24) is 19.4 Å². The Kier molecular flexibility index (Phi) is 6.17. The van der Waals surface area contributed by atoms with Crippen LogP contribution in [0.1, 0.15) is 23.6 Å². The third-order valence-corrected chi connectivity index (χ3v) is 5.30. The second-order valence-corrected chi connectivity index (χ2v) is 7.45. The fourth-order valence-corrected chi connectivity index (χ4v) is 3.56. The minimum atomic E-state index is -0.291. The first-order valence-corrected chi connectivity index (χ1v) is 10.3. The maximum atomic E-state index is 13.4. The molecule has 4 rings (SSSR count). The van der Waals surface area contributed by atoms with Gasteiger partial charge < -0.3 is 4.90 Å². The molecule has 0 radical (unpaired) electrons. The van der Waals surface area contributed by atoms with Crippen molar-refractivity contribution in [2.24, 2.45) is 0 Å². The SMILES string of the molecule is CCc1ccc(CN(Cc2cccnc2)C(=O)Cn2c(=O)cnc3ccccc32)cc1. The number of carbonyl (C=O) groups is 1. The van der Waals surface area contributed by atoms with Crippen molar-refractivity contribution in [1.29, 1.82) is 0 Å². The van der Waals surface area contributed by atoms with E-state index in [-0.39, 0.29) is 18.0 Å². The predicted molar refractivity (Wildman–Crippen MR) is 120 cm³/mol. The van der Waals surface area contributed by atoms with Gasteiger partial charge in [-0.1, -0.05) is 49.4 Å². The van der Waals surface area contributed by atoms with Crippen LogP contribution in [-0.2, 0) is 30.8 Å². The zero-order valence-corrected chi connectivity index (χ0v) is 17.4. The number of para-hydroxylation sites is 2. The number of nitrogens with zero attached hydrogens (tertiary/aromatic N) is 4. The van der Waals surface area contributed by atoms with Crippen molar-refractivity contribution in [2.45, 2.75) is 33.0 Å². The second kappa shape index (κ2) is 9.34.